The van der Waals surface area contributed by atoms with Crippen molar-refractivity contribution in [2.45, 2.75) is 6.92 Å². The number of hydrogen-bond donors (Lipinski definition) is 1. The second-order valence-corrected chi connectivity index (χ2v) is 3.33. The summed E-state index contributed by atoms with van der Waals surface area (Å²) < 4.78 is 4.90. The first-order chi connectivity index (χ1) is 7.70. The maximum atomic E-state index is 5.59. The van der Waals surface area contributed by atoms with Crippen molar-refractivity contribution in [1.29, 1.82) is 0 Å². The van der Waals surface area contributed by atoms with E-state index in [2.05, 4.69) is 15.0 Å². The zero-order valence-electron chi connectivity index (χ0n) is 9.14. The standard InChI is InChI=1S/C11H12N4O/c1-7-9(3-4-10(12)15-7)8-5-13-11(16-2)14-6-8/h3-6H,1-2H3,(H2,12,15). The molecule has 2 aromatic rings. The molecule has 0 saturated heterocycles. The summed E-state index contributed by atoms with van der Waals surface area (Å²) in [5, 5.41) is 0. The first kappa shape index (κ1) is 10.4. The molecule has 0 radical (unpaired) electrons. The fourth-order valence-electron chi connectivity index (χ4n) is 1.45. The van der Waals surface area contributed by atoms with Crippen molar-refractivity contribution in [2.24, 2.45) is 0 Å². The molecule has 0 aromatic carbocycles. The fraction of sp³-hybridized carbons (Fsp3) is 0.182. The Hall–Kier alpha value is -2.17. The van der Waals surface area contributed by atoms with Crippen molar-refractivity contribution in [3.63, 3.8) is 0 Å². The summed E-state index contributed by atoms with van der Waals surface area (Å²) in [7, 11) is 1.53. The van der Waals surface area contributed by atoms with Gasteiger partial charge in [-0.2, -0.15) is 0 Å². The summed E-state index contributed by atoms with van der Waals surface area (Å²) >= 11 is 0. The zero-order chi connectivity index (χ0) is 11.5. The van der Waals surface area contributed by atoms with Crippen LogP contribution in [0.15, 0.2) is 24.5 Å². The van der Waals surface area contributed by atoms with E-state index < -0.39 is 0 Å². The molecule has 0 unspecified atom stereocenters. The van der Waals surface area contributed by atoms with Gasteiger partial charge < -0.3 is 10.5 Å². The highest BCUT2D eigenvalue weighted by atomic mass is 16.5. The second-order valence-electron chi connectivity index (χ2n) is 3.33. The number of nitrogens with zero attached hydrogens (tertiary/aromatic N) is 3. The molecule has 0 atom stereocenters. The summed E-state index contributed by atoms with van der Waals surface area (Å²) in [4.78, 5) is 12.3. The third kappa shape index (κ3) is 1.93. The van der Waals surface area contributed by atoms with Crippen molar-refractivity contribution >= 4 is 5.82 Å². The van der Waals surface area contributed by atoms with Gasteiger partial charge in [-0.3, -0.25) is 0 Å². The Labute approximate surface area is 93.3 Å². The second kappa shape index (κ2) is 4.14. The van der Waals surface area contributed by atoms with Crippen LogP contribution in [0.5, 0.6) is 6.01 Å². The quantitative estimate of drug-likeness (QED) is 0.822. The van der Waals surface area contributed by atoms with Gasteiger partial charge in [-0.05, 0) is 19.1 Å². The molecule has 0 spiro atoms. The Morgan fingerprint density at radius 1 is 1.19 bits per heavy atom. The van der Waals surface area contributed by atoms with Crippen LogP contribution in [0, 0.1) is 6.92 Å². The largest absolute Gasteiger partial charge is 0.467 e. The molecule has 5 nitrogen and oxygen atoms in total. The molecule has 0 amide bonds. The van der Waals surface area contributed by atoms with E-state index in [9.17, 15) is 0 Å². The smallest absolute Gasteiger partial charge is 0.316 e. The minimum absolute atomic E-state index is 0.352. The summed E-state index contributed by atoms with van der Waals surface area (Å²) in [6.45, 7) is 1.90. The molecular weight excluding hydrogens is 204 g/mol. The van der Waals surface area contributed by atoms with Crippen LogP contribution in [0.2, 0.25) is 0 Å². The monoisotopic (exact) mass is 216 g/mol. The van der Waals surface area contributed by atoms with E-state index >= 15 is 0 Å². The van der Waals surface area contributed by atoms with Crippen LogP contribution >= 0.6 is 0 Å². The number of anilines is 1. The van der Waals surface area contributed by atoms with E-state index in [4.69, 9.17) is 10.5 Å². The predicted octanol–water partition coefficient (Wildman–Crippen LogP) is 1.44. The Morgan fingerprint density at radius 3 is 2.44 bits per heavy atom. The fourth-order valence-corrected chi connectivity index (χ4v) is 1.45. The van der Waals surface area contributed by atoms with Gasteiger partial charge in [0.05, 0.1) is 7.11 Å². The van der Waals surface area contributed by atoms with Crippen LogP contribution in [-0.2, 0) is 0 Å². The molecule has 0 fully saturated rings. The van der Waals surface area contributed by atoms with Crippen LogP contribution in [0.1, 0.15) is 5.69 Å². The zero-order valence-corrected chi connectivity index (χ0v) is 9.14. The molecule has 2 heterocycles. The van der Waals surface area contributed by atoms with E-state index in [1.54, 1.807) is 18.5 Å². The highest BCUT2D eigenvalue weighted by Gasteiger charge is 2.04. The minimum Gasteiger partial charge on any atom is -0.467 e. The number of rotatable bonds is 2. The predicted molar refractivity (Wildman–Crippen MR) is 61.0 cm³/mol. The lowest BCUT2D eigenvalue weighted by molar-refractivity contribution is 0.380. The molecule has 82 valence electrons. The molecule has 5 heteroatoms. The molecule has 0 aliphatic rings. The molecule has 2 N–H and O–H groups in total. The number of pyridine rings is 1. The topological polar surface area (TPSA) is 73.9 Å². The highest BCUT2D eigenvalue weighted by molar-refractivity contribution is 5.65. The lowest BCUT2D eigenvalue weighted by Gasteiger charge is -2.05. The van der Waals surface area contributed by atoms with E-state index in [0.29, 0.717) is 11.8 Å². The van der Waals surface area contributed by atoms with Gasteiger partial charge >= 0.3 is 6.01 Å². The van der Waals surface area contributed by atoms with Crippen molar-refractivity contribution in [2.75, 3.05) is 12.8 Å². The van der Waals surface area contributed by atoms with E-state index in [0.717, 1.165) is 16.8 Å². The molecule has 0 bridgehead atoms. The summed E-state index contributed by atoms with van der Waals surface area (Å²) in [5.41, 5.74) is 8.31. The van der Waals surface area contributed by atoms with Gasteiger partial charge in [-0.15, -0.1) is 0 Å². The summed E-state index contributed by atoms with van der Waals surface area (Å²) in [6.07, 6.45) is 3.40. The Kier molecular flexibility index (Phi) is 2.68. The van der Waals surface area contributed by atoms with Gasteiger partial charge in [0.25, 0.3) is 0 Å². The number of hydrogen-bond acceptors (Lipinski definition) is 5. The molecule has 0 aliphatic heterocycles. The molecule has 16 heavy (non-hydrogen) atoms. The van der Waals surface area contributed by atoms with Gasteiger partial charge in [0.2, 0.25) is 0 Å². The maximum Gasteiger partial charge on any atom is 0.316 e. The van der Waals surface area contributed by atoms with E-state index in [1.165, 1.54) is 7.11 Å². The van der Waals surface area contributed by atoms with Crippen molar-refractivity contribution < 1.29 is 4.74 Å². The first-order valence-corrected chi connectivity index (χ1v) is 4.80. The van der Waals surface area contributed by atoms with Crippen LogP contribution in [-0.4, -0.2) is 22.1 Å². The number of ether oxygens (including phenoxy) is 1. The van der Waals surface area contributed by atoms with Gasteiger partial charge in [0.15, 0.2) is 0 Å². The molecule has 2 aromatic heterocycles. The summed E-state index contributed by atoms with van der Waals surface area (Å²) in [5.74, 6) is 0.510. The van der Waals surface area contributed by atoms with Crippen molar-refractivity contribution in [1.82, 2.24) is 15.0 Å². The maximum absolute atomic E-state index is 5.59. The van der Waals surface area contributed by atoms with Gasteiger partial charge in [-0.1, -0.05) is 0 Å². The summed E-state index contributed by atoms with van der Waals surface area (Å²) in [6, 6.07) is 4.01. The van der Waals surface area contributed by atoms with Crippen molar-refractivity contribution in [3.8, 4) is 17.1 Å². The average Bonchev–Trinajstić information content (AvgIpc) is 2.29. The lowest BCUT2D eigenvalue weighted by Crippen LogP contribution is -1.96. The van der Waals surface area contributed by atoms with Crippen LogP contribution in [0.3, 0.4) is 0 Å². The third-order valence-corrected chi connectivity index (χ3v) is 2.23. The molecular formula is C11H12N4O. The number of aryl methyl sites for hydroxylation is 1. The molecule has 0 saturated carbocycles. The Morgan fingerprint density at radius 2 is 1.88 bits per heavy atom. The van der Waals surface area contributed by atoms with Gasteiger partial charge in [0.1, 0.15) is 5.82 Å². The van der Waals surface area contributed by atoms with Crippen molar-refractivity contribution in [3.05, 3.63) is 30.2 Å². The van der Waals surface area contributed by atoms with Crippen LogP contribution in [0.4, 0.5) is 5.82 Å². The lowest BCUT2D eigenvalue weighted by atomic mass is 10.1. The normalized spacial score (nSPS) is 10.1. The third-order valence-electron chi connectivity index (χ3n) is 2.23. The SMILES string of the molecule is COc1ncc(-c2ccc(N)nc2C)cn1. The average molecular weight is 216 g/mol. The molecule has 2 rings (SSSR count). The van der Waals surface area contributed by atoms with Crippen LogP contribution < -0.4 is 10.5 Å². The van der Waals surface area contributed by atoms with Gasteiger partial charge in [-0.25, -0.2) is 15.0 Å². The number of nitrogen functional groups attached to an aromatic ring is 1. The van der Waals surface area contributed by atoms with Crippen LogP contribution in [0.25, 0.3) is 11.1 Å². The van der Waals surface area contributed by atoms with E-state index in [1.807, 2.05) is 13.0 Å². The number of methoxy groups -OCH3 is 1. The Bertz CT molecular complexity index is 496. The van der Waals surface area contributed by atoms with E-state index in [-0.39, 0.29) is 0 Å². The number of nitrogens with two attached hydrogens (primary N) is 1. The number of aromatic nitrogens is 3. The first-order valence-electron chi connectivity index (χ1n) is 4.80. The van der Waals surface area contributed by atoms with Gasteiger partial charge in [0, 0.05) is 29.2 Å². The highest BCUT2D eigenvalue weighted by Crippen LogP contribution is 2.22. The Balaban J connectivity index is 2.42. The molecule has 0 aliphatic carbocycles. The minimum atomic E-state index is 0.352.